The Labute approximate surface area is 99.0 Å². The molecule has 1 atom stereocenters. The number of hydrogen-bond acceptors (Lipinski definition) is 1. The van der Waals surface area contributed by atoms with Crippen molar-refractivity contribution in [2.75, 3.05) is 5.33 Å². The van der Waals surface area contributed by atoms with Gasteiger partial charge in [0.2, 0.25) is 0 Å². The molecule has 2 heteroatoms. The standard InChI is InChI=1S/C13H15BrO/c1-13(8-9-14)7-6-10-4-2-3-5-11(10)12(13)15/h2-5H,6-9H2,1H3. The minimum Gasteiger partial charge on any atom is -0.294 e. The lowest BCUT2D eigenvalue weighted by Crippen LogP contribution is -2.33. The molecule has 0 heterocycles. The van der Waals surface area contributed by atoms with Gasteiger partial charge < -0.3 is 0 Å². The highest BCUT2D eigenvalue weighted by atomic mass is 79.9. The number of Topliss-reactive ketones (excluding diaryl/α,β-unsaturated/α-hetero) is 1. The largest absolute Gasteiger partial charge is 0.294 e. The molecule has 0 bridgehead atoms. The number of rotatable bonds is 2. The third kappa shape index (κ3) is 1.87. The molecule has 0 aromatic heterocycles. The van der Waals surface area contributed by atoms with Crippen LogP contribution in [-0.4, -0.2) is 11.1 Å². The molecule has 1 unspecified atom stereocenters. The molecule has 0 fully saturated rings. The van der Waals surface area contributed by atoms with Crippen LogP contribution in [0.15, 0.2) is 24.3 Å². The first-order valence-electron chi connectivity index (χ1n) is 5.36. The van der Waals surface area contributed by atoms with Crippen molar-refractivity contribution in [3.63, 3.8) is 0 Å². The topological polar surface area (TPSA) is 17.1 Å². The predicted octanol–water partition coefficient (Wildman–Crippen LogP) is 3.61. The van der Waals surface area contributed by atoms with Crippen LogP contribution in [0.5, 0.6) is 0 Å². The Bertz CT molecular complexity index is 386. The fraction of sp³-hybridized carbons (Fsp3) is 0.462. The van der Waals surface area contributed by atoms with Gasteiger partial charge in [-0.05, 0) is 24.8 Å². The molecule has 1 nitrogen and oxygen atoms in total. The lowest BCUT2D eigenvalue weighted by atomic mass is 9.70. The molecule has 2 rings (SSSR count). The van der Waals surface area contributed by atoms with E-state index in [-0.39, 0.29) is 5.41 Å². The Morgan fingerprint density at radius 3 is 2.87 bits per heavy atom. The van der Waals surface area contributed by atoms with E-state index in [2.05, 4.69) is 28.9 Å². The molecule has 0 radical (unpaired) electrons. The third-order valence-electron chi connectivity index (χ3n) is 3.40. The Kier molecular flexibility index (Phi) is 2.96. The lowest BCUT2D eigenvalue weighted by Gasteiger charge is -2.32. The van der Waals surface area contributed by atoms with Crippen LogP contribution in [0.3, 0.4) is 0 Å². The molecule has 15 heavy (non-hydrogen) atoms. The molecular formula is C13H15BrO. The molecule has 0 spiro atoms. The van der Waals surface area contributed by atoms with Gasteiger partial charge in [0.15, 0.2) is 5.78 Å². The number of alkyl halides is 1. The van der Waals surface area contributed by atoms with E-state index in [1.165, 1.54) is 5.56 Å². The predicted molar refractivity (Wildman–Crippen MR) is 65.6 cm³/mol. The summed E-state index contributed by atoms with van der Waals surface area (Å²) < 4.78 is 0. The molecule has 0 amide bonds. The highest BCUT2D eigenvalue weighted by Gasteiger charge is 2.37. The molecule has 1 aliphatic carbocycles. The monoisotopic (exact) mass is 266 g/mol. The average Bonchev–Trinajstić information content (AvgIpc) is 2.25. The summed E-state index contributed by atoms with van der Waals surface area (Å²) in [7, 11) is 0. The molecule has 0 saturated carbocycles. The van der Waals surface area contributed by atoms with Gasteiger partial charge in [0, 0.05) is 16.3 Å². The van der Waals surface area contributed by atoms with E-state index in [0.29, 0.717) is 5.78 Å². The maximum absolute atomic E-state index is 12.3. The smallest absolute Gasteiger partial charge is 0.169 e. The highest BCUT2D eigenvalue weighted by molar-refractivity contribution is 9.09. The van der Waals surface area contributed by atoms with Crippen LogP contribution in [0.25, 0.3) is 0 Å². The second kappa shape index (κ2) is 4.09. The lowest BCUT2D eigenvalue weighted by molar-refractivity contribution is 0.0780. The van der Waals surface area contributed by atoms with Crippen molar-refractivity contribution in [1.82, 2.24) is 0 Å². The summed E-state index contributed by atoms with van der Waals surface area (Å²) in [4.78, 5) is 12.3. The number of aryl methyl sites for hydroxylation is 1. The number of halogens is 1. The zero-order valence-corrected chi connectivity index (χ0v) is 10.5. The van der Waals surface area contributed by atoms with E-state index in [9.17, 15) is 4.79 Å². The van der Waals surface area contributed by atoms with Crippen molar-refractivity contribution < 1.29 is 4.79 Å². The molecule has 0 aliphatic heterocycles. The van der Waals surface area contributed by atoms with Crippen LogP contribution >= 0.6 is 15.9 Å². The van der Waals surface area contributed by atoms with E-state index in [1.807, 2.05) is 18.2 Å². The third-order valence-corrected chi connectivity index (χ3v) is 3.80. The molecule has 0 saturated heterocycles. The number of carbonyl (C=O) groups is 1. The summed E-state index contributed by atoms with van der Waals surface area (Å²) in [5.74, 6) is 0.323. The highest BCUT2D eigenvalue weighted by Crippen LogP contribution is 2.38. The van der Waals surface area contributed by atoms with Crippen LogP contribution in [0.4, 0.5) is 0 Å². The first-order chi connectivity index (χ1) is 7.17. The summed E-state index contributed by atoms with van der Waals surface area (Å²) in [5.41, 5.74) is 2.00. The Morgan fingerprint density at radius 1 is 1.40 bits per heavy atom. The molecule has 1 aromatic rings. The zero-order valence-electron chi connectivity index (χ0n) is 8.92. The van der Waals surface area contributed by atoms with Crippen molar-refractivity contribution in [2.45, 2.75) is 26.2 Å². The van der Waals surface area contributed by atoms with Gasteiger partial charge in [0.25, 0.3) is 0 Å². The van der Waals surface area contributed by atoms with E-state index >= 15 is 0 Å². The average molecular weight is 267 g/mol. The van der Waals surface area contributed by atoms with Crippen LogP contribution in [0.1, 0.15) is 35.7 Å². The Hall–Kier alpha value is -0.630. The fourth-order valence-corrected chi connectivity index (χ4v) is 3.13. The summed E-state index contributed by atoms with van der Waals surface area (Å²) in [6.07, 6.45) is 2.94. The Morgan fingerprint density at radius 2 is 2.13 bits per heavy atom. The van der Waals surface area contributed by atoms with Gasteiger partial charge >= 0.3 is 0 Å². The van der Waals surface area contributed by atoms with Crippen molar-refractivity contribution in [1.29, 1.82) is 0 Å². The SMILES string of the molecule is CC1(CCBr)CCc2ccccc2C1=O. The number of hydrogen-bond donors (Lipinski definition) is 0. The van der Waals surface area contributed by atoms with Crippen molar-refractivity contribution in [2.24, 2.45) is 5.41 Å². The number of carbonyl (C=O) groups excluding carboxylic acids is 1. The fourth-order valence-electron chi connectivity index (χ4n) is 2.26. The molecule has 0 N–H and O–H groups in total. The normalized spacial score (nSPS) is 25.1. The maximum Gasteiger partial charge on any atom is 0.169 e. The van der Waals surface area contributed by atoms with Crippen LogP contribution < -0.4 is 0 Å². The summed E-state index contributed by atoms with van der Waals surface area (Å²) in [6, 6.07) is 8.00. The molecule has 1 aromatic carbocycles. The van der Waals surface area contributed by atoms with Gasteiger partial charge in [-0.2, -0.15) is 0 Å². The minimum absolute atomic E-state index is 0.155. The van der Waals surface area contributed by atoms with Gasteiger partial charge in [-0.25, -0.2) is 0 Å². The van der Waals surface area contributed by atoms with Crippen molar-refractivity contribution in [3.05, 3.63) is 35.4 Å². The summed E-state index contributed by atoms with van der Waals surface area (Å²) in [6.45, 7) is 2.09. The van der Waals surface area contributed by atoms with Crippen molar-refractivity contribution >= 4 is 21.7 Å². The van der Waals surface area contributed by atoms with Gasteiger partial charge in [-0.3, -0.25) is 4.79 Å². The Balaban J connectivity index is 2.37. The van der Waals surface area contributed by atoms with E-state index in [1.54, 1.807) is 0 Å². The van der Waals surface area contributed by atoms with Gasteiger partial charge in [0.05, 0.1) is 0 Å². The molecule has 1 aliphatic rings. The van der Waals surface area contributed by atoms with E-state index in [4.69, 9.17) is 0 Å². The zero-order chi connectivity index (χ0) is 10.9. The molecular weight excluding hydrogens is 252 g/mol. The molecule has 80 valence electrons. The first kappa shape index (κ1) is 10.9. The van der Waals surface area contributed by atoms with Gasteiger partial charge in [-0.15, -0.1) is 0 Å². The van der Waals surface area contributed by atoms with Gasteiger partial charge in [-0.1, -0.05) is 47.1 Å². The van der Waals surface area contributed by atoms with Crippen LogP contribution in [0.2, 0.25) is 0 Å². The number of fused-ring (bicyclic) bond motifs is 1. The van der Waals surface area contributed by atoms with Gasteiger partial charge in [0.1, 0.15) is 0 Å². The maximum atomic E-state index is 12.3. The summed E-state index contributed by atoms with van der Waals surface area (Å²) in [5, 5.41) is 0.900. The van der Waals surface area contributed by atoms with Crippen LogP contribution in [-0.2, 0) is 6.42 Å². The first-order valence-corrected chi connectivity index (χ1v) is 6.48. The van der Waals surface area contributed by atoms with Crippen LogP contribution in [0, 0.1) is 5.41 Å². The number of benzene rings is 1. The minimum atomic E-state index is -0.155. The van der Waals surface area contributed by atoms with E-state index in [0.717, 1.165) is 30.2 Å². The quantitative estimate of drug-likeness (QED) is 0.748. The second-order valence-corrected chi connectivity index (χ2v) is 5.28. The number of ketones is 1. The summed E-state index contributed by atoms with van der Waals surface area (Å²) >= 11 is 3.44. The second-order valence-electron chi connectivity index (χ2n) is 4.49. The van der Waals surface area contributed by atoms with Crippen molar-refractivity contribution in [3.8, 4) is 0 Å². The van der Waals surface area contributed by atoms with E-state index < -0.39 is 0 Å².